The molecule has 0 bridgehead atoms. The smallest absolute Gasteiger partial charge is 0.258 e. The number of nitrogens with zero attached hydrogens (tertiary/aromatic N) is 2. The first-order valence-electron chi connectivity index (χ1n) is 5.44. The quantitative estimate of drug-likeness (QED) is 0.659. The lowest BCUT2D eigenvalue weighted by Gasteiger charge is -2.16. The van der Waals surface area contributed by atoms with Crippen molar-refractivity contribution in [2.24, 2.45) is 5.41 Å². The van der Waals surface area contributed by atoms with Crippen LogP contribution in [0.15, 0.2) is 23.1 Å². The van der Waals surface area contributed by atoms with Gasteiger partial charge in [0.1, 0.15) is 0 Å². The number of nitro benzene ring substituents is 1. The summed E-state index contributed by atoms with van der Waals surface area (Å²) in [4.78, 5) is 9.57. The Morgan fingerprint density at radius 2 is 2.10 bits per heavy atom. The van der Waals surface area contributed by atoms with Crippen molar-refractivity contribution in [1.29, 1.82) is 5.26 Å². The predicted molar refractivity (Wildman–Crippen MR) is 72.7 cm³/mol. The summed E-state index contributed by atoms with van der Waals surface area (Å²) >= 11 is 5.62. The minimum atomic E-state index is -4.10. The summed E-state index contributed by atoms with van der Waals surface area (Å²) in [5, 5.41) is 19.8. The van der Waals surface area contributed by atoms with Gasteiger partial charge < -0.3 is 0 Å². The molecule has 1 aromatic carbocycles. The summed E-state index contributed by atoms with van der Waals surface area (Å²) in [5.74, 6) is 0. The molecule has 0 atom stereocenters. The average Bonchev–Trinajstić information content (AvgIpc) is 2.36. The van der Waals surface area contributed by atoms with Crippen LogP contribution in [0.5, 0.6) is 0 Å². The number of nitro groups is 1. The number of benzene rings is 1. The second kappa shape index (κ2) is 5.75. The number of sulfonamides is 1. The van der Waals surface area contributed by atoms with Gasteiger partial charge in [0.2, 0.25) is 10.0 Å². The molecule has 0 spiro atoms. The third-order valence-electron chi connectivity index (χ3n) is 2.41. The Balaban J connectivity index is 3.17. The summed E-state index contributed by atoms with van der Waals surface area (Å²) in [5.41, 5.74) is -1.53. The van der Waals surface area contributed by atoms with Gasteiger partial charge in [-0.05, 0) is 26.0 Å². The molecule has 0 aliphatic heterocycles. The SMILES string of the molecule is CC(C)(C#N)CNS(=O)(=O)c1ccc(Cl)cc1[N+](=O)[O-]. The van der Waals surface area contributed by atoms with Crippen molar-refractivity contribution in [3.8, 4) is 6.07 Å². The lowest BCUT2D eigenvalue weighted by atomic mass is 9.97. The fourth-order valence-electron chi connectivity index (χ4n) is 1.25. The molecule has 0 saturated carbocycles. The molecular formula is C11H12ClN3O4S. The third kappa shape index (κ3) is 3.90. The van der Waals surface area contributed by atoms with E-state index in [9.17, 15) is 18.5 Å². The van der Waals surface area contributed by atoms with E-state index < -0.39 is 30.9 Å². The van der Waals surface area contributed by atoms with E-state index in [1.54, 1.807) is 13.8 Å². The number of nitriles is 1. The molecule has 1 N–H and O–H groups in total. The summed E-state index contributed by atoms with van der Waals surface area (Å²) in [6.45, 7) is 2.93. The molecule has 9 heteroatoms. The van der Waals surface area contributed by atoms with Crippen molar-refractivity contribution in [2.45, 2.75) is 18.7 Å². The van der Waals surface area contributed by atoms with Crippen LogP contribution in [-0.4, -0.2) is 19.9 Å². The van der Waals surface area contributed by atoms with Crippen LogP contribution in [0.25, 0.3) is 0 Å². The topological polar surface area (TPSA) is 113 Å². The normalized spacial score (nSPS) is 11.9. The zero-order valence-electron chi connectivity index (χ0n) is 10.8. The Morgan fingerprint density at radius 3 is 2.60 bits per heavy atom. The van der Waals surface area contributed by atoms with Crippen molar-refractivity contribution in [2.75, 3.05) is 6.54 Å². The summed E-state index contributed by atoms with van der Waals surface area (Å²) < 4.78 is 26.3. The number of rotatable bonds is 5. The van der Waals surface area contributed by atoms with Gasteiger partial charge in [0.25, 0.3) is 5.69 Å². The molecule has 0 amide bonds. The van der Waals surface area contributed by atoms with E-state index in [0.717, 1.165) is 12.1 Å². The Bertz CT molecular complexity index is 679. The number of hydrogen-bond donors (Lipinski definition) is 1. The first kappa shape index (κ1) is 16.4. The highest BCUT2D eigenvalue weighted by molar-refractivity contribution is 7.89. The van der Waals surface area contributed by atoms with Crippen LogP contribution in [-0.2, 0) is 10.0 Å². The van der Waals surface area contributed by atoms with E-state index in [4.69, 9.17) is 16.9 Å². The van der Waals surface area contributed by atoms with Crippen LogP contribution in [0, 0.1) is 26.9 Å². The molecule has 0 aliphatic carbocycles. The number of nitrogens with one attached hydrogen (secondary N) is 1. The average molecular weight is 318 g/mol. The lowest BCUT2D eigenvalue weighted by molar-refractivity contribution is -0.387. The highest BCUT2D eigenvalue weighted by Gasteiger charge is 2.28. The van der Waals surface area contributed by atoms with Gasteiger partial charge in [0.15, 0.2) is 4.90 Å². The van der Waals surface area contributed by atoms with Gasteiger partial charge >= 0.3 is 0 Å². The van der Waals surface area contributed by atoms with Gasteiger partial charge in [-0.15, -0.1) is 0 Å². The number of halogens is 1. The van der Waals surface area contributed by atoms with E-state index in [1.807, 2.05) is 6.07 Å². The van der Waals surface area contributed by atoms with E-state index in [1.165, 1.54) is 6.07 Å². The fourth-order valence-corrected chi connectivity index (χ4v) is 2.78. The standard InChI is InChI=1S/C11H12ClN3O4S/c1-11(2,6-13)7-14-20(18,19)10-4-3-8(12)5-9(10)15(16)17/h3-5,14H,7H2,1-2H3. The lowest BCUT2D eigenvalue weighted by Crippen LogP contribution is -2.33. The van der Waals surface area contributed by atoms with Crippen LogP contribution in [0.1, 0.15) is 13.8 Å². The second-order valence-corrected chi connectivity index (χ2v) is 6.86. The maximum Gasteiger partial charge on any atom is 0.290 e. The largest absolute Gasteiger partial charge is 0.290 e. The van der Waals surface area contributed by atoms with Crippen LogP contribution in [0.2, 0.25) is 5.02 Å². The second-order valence-electron chi connectivity index (χ2n) is 4.69. The molecule has 0 unspecified atom stereocenters. The van der Waals surface area contributed by atoms with Crippen LogP contribution in [0.4, 0.5) is 5.69 Å². The number of hydrogen-bond acceptors (Lipinski definition) is 5. The zero-order chi connectivity index (χ0) is 15.6. The molecule has 0 radical (unpaired) electrons. The van der Waals surface area contributed by atoms with Crippen LogP contribution in [0.3, 0.4) is 0 Å². The van der Waals surface area contributed by atoms with E-state index >= 15 is 0 Å². The van der Waals surface area contributed by atoms with Gasteiger partial charge in [-0.1, -0.05) is 11.6 Å². The highest BCUT2D eigenvalue weighted by atomic mass is 35.5. The summed E-state index contributed by atoms with van der Waals surface area (Å²) in [6.07, 6.45) is 0. The molecule has 108 valence electrons. The molecule has 0 aromatic heterocycles. The molecule has 0 saturated heterocycles. The van der Waals surface area contributed by atoms with Crippen molar-refractivity contribution in [1.82, 2.24) is 4.72 Å². The molecule has 1 rings (SSSR count). The molecule has 0 fully saturated rings. The van der Waals surface area contributed by atoms with Crippen molar-refractivity contribution in [3.63, 3.8) is 0 Å². The molecule has 0 heterocycles. The Labute approximate surface area is 121 Å². The minimum Gasteiger partial charge on any atom is -0.258 e. The molecule has 1 aromatic rings. The van der Waals surface area contributed by atoms with Gasteiger partial charge in [0, 0.05) is 17.6 Å². The monoisotopic (exact) mass is 317 g/mol. The van der Waals surface area contributed by atoms with E-state index in [0.29, 0.717) is 0 Å². The molecule has 7 nitrogen and oxygen atoms in total. The first-order valence-corrected chi connectivity index (χ1v) is 7.30. The van der Waals surface area contributed by atoms with Crippen molar-refractivity contribution < 1.29 is 13.3 Å². The van der Waals surface area contributed by atoms with Crippen molar-refractivity contribution in [3.05, 3.63) is 33.3 Å². The molecular weight excluding hydrogens is 306 g/mol. The van der Waals surface area contributed by atoms with E-state index in [2.05, 4.69) is 4.72 Å². The van der Waals surface area contributed by atoms with Gasteiger partial charge in [-0.3, -0.25) is 10.1 Å². The molecule has 0 aliphatic rings. The highest BCUT2D eigenvalue weighted by Crippen LogP contribution is 2.27. The minimum absolute atomic E-state index is 0.0630. The summed E-state index contributed by atoms with van der Waals surface area (Å²) in [7, 11) is -4.10. The summed E-state index contributed by atoms with van der Waals surface area (Å²) in [6, 6.07) is 5.20. The Hall–Kier alpha value is -1.69. The van der Waals surface area contributed by atoms with Crippen molar-refractivity contribution >= 4 is 27.3 Å². The maximum absolute atomic E-state index is 12.1. The zero-order valence-corrected chi connectivity index (χ0v) is 12.3. The van der Waals surface area contributed by atoms with E-state index in [-0.39, 0.29) is 11.6 Å². The Kier molecular flexibility index (Phi) is 4.70. The van der Waals surface area contributed by atoms with Gasteiger partial charge in [0.05, 0.1) is 16.4 Å². The Morgan fingerprint density at radius 1 is 1.50 bits per heavy atom. The predicted octanol–water partition coefficient (Wildman–Crippen LogP) is 2.08. The first-order chi connectivity index (χ1) is 9.09. The fraction of sp³-hybridized carbons (Fsp3) is 0.364. The van der Waals surface area contributed by atoms with Crippen LogP contribution >= 0.6 is 11.6 Å². The van der Waals surface area contributed by atoms with Gasteiger partial charge in [-0.25, -0.2) is 13.1 Å². The maximum atomic E-state index is 12.1. The molecule has 20 heavy (non-hydrogen) atoms. The van der Waals surface area contributed by atoms with Crippen LogP contribution < -0.4 is 4.72 Å². The third-order valence-corrected chi connectivity index (χ3v) is 4.10. The van der Waals surface area contributed by atoms with Gasteiger partial charge in [-0.2, -0.15) is 5.26 Å².